The molecule has 3 aromatic rings. The highest BCUT2D eigenvalue weighted by molar-refractivity contribution is 5.84. The topological polar surface area (TPSA) is 74.8 Å². The van der Waals surface area contributed by atoms with E-state index in [4.69, 9.17) is 4.74 Å². The van der Waals surface area contributed by atoms with Crippen molar-refractivity contribution in [1.29, 1.82) is 0 Å². The number of para-hydroxylation sites is 1. The summed E-state index contributed by atoms with van der Waals surface area (Å²) >= 11 is 0. The number of hydrazine groups is 1. The van der Waals surface area contributed by atoms with Gasteiger partial charge in [0.05, 0.1) is 6.04 Å². The van der Waals surface area contributed by atoms with Crippen LogP contribution in [0.5, 0.6) is 5.75 Å². The minimum absolute atomic E-state index is 0.0445. The number of hydrogen-bond acceptors (Lipinski definition) is 5. The van der Waals surface area contributed by atoms with E-state index < -0.39 is 6.04 Å². The van der Waals surface area contributed by atoms with Gasteiger partial charge in [0.1, 0.15) is 18.4 Å². The highest BCUT2D eigenvalue weighted by atomic mass is 16.5. The number of nitrogens with zero attached hydrogens (tertiary/aromatic N) is 1. The Morgan fingerprint density at radius 3 is 2.61 bits per heavy atom. The SMILES string of the molecule is Cc1ccc(COc2ccccc2C2CC(C(=O)N/N=C/C=C/c3ccccc3)NN2)cc1. The van der Waals surface area contributed by atoms with Crippen LogP contribution in [0.4, 0.5) is 0 Å². The van der Waals surface area contributed by atoms with Crippen molar-refractivity contribution in [2.45, 2.75) is 32.0 Å². The van der Waals surface area contributed by atoms with Gasteiger partial charge in [-0.15, -0.1) is 0 Å². The maximum Gasteiger partial charge on any atom is 0.258 e. The average Bonchev–Trinajstić information content (AvgIpc) is 3.35. The predicted octanol–water partition coefficient (Wildman–Crippen LogP) is 4.30. The van der Waals surface area contributed by atoms with Crippen LogP contribution >= 0.6 is 0 Å². The van der Waals surface area contributed by atoms with Gasteiger partial charge in [-0.05, 0) is 36.6 Å². The second kappa shape index (κ2) is 11.2. The number of carbonyl (C=O) groups excluding carboxylic acids is 1. The molecule has 0 aliphatic carbocycles. The molecule has 1 heterocycles. The number of hydrazone groups is 1. The first kappa shape index (κ1) is 22.5. The van der Waals surface area contributed by atoms with Gasteiger partial charge < -0.3 is 4.74 Å². The number of rotatable bonds is 8. The lowest BCUT2D eigenvalue weighted by Crippen LogP contribution is -2.41. The quantitative estimate of drug-likeness (QED) is 0.361. The highest BCUT2D eigenvalue weighted by Crippen LogP contribution is 2.30. The Labute approximate surface area is 194 Å². The standard InChI is InChI=1S/C27H28N4O2/c1-20-13-15-22(16-14-20)19-33-26-12-6-5-11-23(26)24-18-25(30-29-24)27(32)31-28-17-7-10-21-8-3-2-4-9-21/h2-17,24-25,29-30H,18-19H2,1H3,(H,31,32)/b10-7+,28-17+. The number of allylic oxidation sites excluding steroid dienone is 1. The van der Waals surface area contributed by atoms with Gasteiger partial charge in [0, 0.05) is 11.8 Å². The lowest BCUT2D eigenvalue weighted by atomic mass is 10.0. The highest BCUT2D eigenvalue weighted by Gasteiger charge is 2.31. The van der Waals surface area contributed by atoms with Crippen LogP contribution in [0.1, 0.15) is 34.7 Å². The van der Waals surface area contributed by atoms with Crippen molar-refractivity contribution in [3.05, 3.63) is 107 Å². The zero-order chi connectivity index (χ0) is 22.9. The lowest BCUT2D eigenvalue weighted by molar-refractivity contribution is -0.122. The maximum atomic E-state index is 12.5. The maximum absolute atomic E-state index is 12.5. The Kier molecular flexibility index (Phi) is 7.64. The molecule has 1 amide bonds. The summed E-state index contributed by atoms with van der Waals surface area (Å²) in [7, 11) is 0. The van der Waals surface area contributed by atoms with E-state index in [0.717, 1.165) is 22.4 Å². The smallest absolute Gasteiger partial charge is 0.258 e. The molecule has 0 aromatic heterocycles. The lowest BCUT2D eigenvalue weighted by Gasteiger charge is -2.16. The van der Waals surface area contributed by atoms with E-state index in [1.54, 1.807) is 12.3 Å². The van der Waals surface area contributed by atoms with Crippen molar-refractivity contribution < 1.29 is 9.53 Å². The van der Waals surface area contributed by atoms with Gasteiger partial charge in [-0.1, -0.05) is 84.4 Å². The number of carbonyl (C=O) groups is 1. The van der Waals surface area contributed by atoms with Gasteiger partial charge in [0.15, 0.2) is 0 Å². The summed E-state index contributed by atoms with van der Waals surface area (Å²) in [6.45, 7) is 2.56. The molecule has 0 spiro atoms. The minimum Gasteiger partial charge on any atom is -0.489 e. The number of hydrogen-bond donors (Lipinski definition) is 3. The number of benzene rings is 3. The first-order chi connectivity index (χ1) is 16.2. The Morgan fingerprint density at radius 2 is 1.79 bits per heavy atom. The molecule has 1 aliphatic heterocycles. The van der Waals surface area contributed by atoms with Crippen LogP contribution in [0.15, 0.2) is 90.0 Å². The van der Waals surface area contributed by atoms with E-state index >= 15 is 0 Å². The molecule has 1 saturated heterocycles. The number of aryl methyl sites for hydroxylation is 1. The van der Waals surface area contributed by atoms with Crippen LogP contribution in [0, 0.1) is 6.92 Å². The van der Waals surface area contributed by atoms with E-state index in [1.165, 1.54) is 5.56 Å². The zero-order valence-corrected chi connectivity index (χ0v) is 18.6. The van der Waals surface area contributed by atoms with Gasteiger partial charge in [0.25, 0.3) is 5.91 Å². The molecule has 1 aliphatic rings. The molecule has 0 radical (unpaired) electrons. The molecule has 0 saturated carbocycles. The first-order valence-electron chi connectivity index (χ1n) is 11.0. The molecule has 2 unspecified atom stereocenters. The van der Waals surface area contributed by atoms with Gasteiger partial charge in [-0.25, -0.2) is 16.3 Å². The predicted molar refractivity (Wildman–Crippen MR) is 131 cm³/mol. The van der Waals surface area contributed by atoms with Crippen molar-refractivity contribution in [1.82, 2.24) is 16.3 Å². The molecule has 1 fully saturated rings. The fourth-order valence-corrected chi connectivity index (χ4v) is 3.62. The van der Waals surface area contributed by atoms with Gasteiger partial charge in [0.2, 0.25) is 0 Å². The van der Waals surface area contributed by atoms with Crippen LogP contribution in [0.2, 0.25) is 0 Å². The fraction of sp³-hybridized carbons (Fsp3) is 0.185. The summed E-state index contributed by atoms with van der Waals surface area (Å²) in [5, 5.41) is 4.01. The van der Waals surface area contributed by atoms with Crippen LogP contribution in [0.25, 0.3) is 6.08 Å². The summed E-state index contributed by atoms with van der Waals surface area (Å²) in [4.78, 5) is 12.5. The number of amides is 1. The van der Waals surface area contributed by atoms with Gasteiger partial charge in [-0.3, -0.25) is 4.79 Å². The van der Waals surface area contributed by atoms with E-state index in [2.05, 4.69) is 52.6 Å². The monoisotopic (exact) mass is 440 g/mol. The molecule has 3 aromatic carbocycles. The molecular weight excluding hydrogens is 412 g/mol. The summed E-state index contributed by atoms with van der Waals surface area (Å²) in [5.41, 5.74) is 13.3. The fourth-order valence-electron chi connectivity index (χ4n) is 3.62. The van der Waals surface area contributed by atoms with E-state index in [-0.39, 0.29) is 11.9 Å². The van der Waals surface area contributed by atoms with Gasteiger partial charge >= 0.3 is 0 Å². The zero-order valence-electron chi connectivity index (χ0n) is 18.6. The third-order valence-electron chi connectivity index (χ3n) is 5.45. The summed E-state index contributed by atoms with van der Waals surface area (Å²) in [6, 6.07) is 25.7. The number of nitrogens with one attached hydrogen (secondary N) is 3. The average molecular weight is 441 g/mol. The van der Waals surface area contributed by atoms with E-state index in [9.17, 15) is 4.79 Å². The van der Waals surface area contributed by atoms with E-state index in [0.29, 0.717) is 13.0 Å². The molecule has 3 N–H and O–H groups in total. The summed E-state index contributed by atoms with van der Waals surface area (Å²) in [6.07, 6.45) is 5.88. The van der Waals surface area contributed by atoms with Crippen LogP contribution in [-0.2, 0) is 11.4 Å². The minimum atomic E-state index is -0.393. The second-order valence-corrected chi connectivity index (χ2v) is 7.97. The second-order valence-electron chi connectivity index (χ2n) is 7.97. The summed E-state index contributed by atoms with van der Waals surface area (Å²) in [5.74, 6) is 0.620. The molecule has 168 valence electrons. The van der Waals surface area contributed by atoms with Crippen molar-refractivity contribution in [2.75, 3.05) is 0 Å². The van der Waals surface area contributed by atoms with Crippen LogP contribution in [-0.4, -0.2) is 18.2 Å². The van der Waals surface area contributed by atoms with Crippen molar-refractivity contribution in [3.63, 3.8) is 0 Å². The Bertz CT molecular complexity index is 1110. The molecule has 0 bridgehead atoms. The van der Waals surface area contributed by atoms with Crippen LogP contribution < -0.4 is 21.0 Å². The van der Waals surface area contributed by atoms with Crippen molar-refractivity contribution >= 4 is 18.2 Å². The third-order valence-corrected chi connectivity index (χ3v) is 5.45. The Balaban J connectivity index is 1.30. The molecule has 33 heavy (non-hydrogen) atoms. The number of ether oxygens (including phenoxy) is 1. The van der Waals surface area contributed by atoms with E-state index in [1.807, 2.05) is 60.7 Å². The van der Waals surface area contributed by atoms with Gasteiger partial charge in [-0.2, -0.15) is 5.10 Å². The Morgan fingerprint density at radius 1 is 1.03 bits per heavy atom. The molecule has 6 nitrogen and oxygen atoms in total. The van der Waals surface area contributed by atoms with Crippen LogP contribution in [0.3, 0.4) is 0 Å². The Hall–Kier alpha value is -3.74. The first-order valence-corrected chi connectivity index (χ1v) is 11.0. The third kappa shape index (κ3) is 6.38. The molecule has 4 rings (SSSR count). The van der Waals surface area contributed by atoms with Crippen molar-refractivity contribution in [3.8, 4) is 5.75 Å². The summed E-state index contributed by atoms with van der Waals surface area (Å²) < 4.78 is 6.10. The largest absolute Gasteiger partial charge is 0.489 e. The molecular formula is C27H28N4O2. The van der Waals surface area contributed by atoms with Crippen molar-refractivity contribution in [2.24, 2.45) is 5.10 Å². The normalized spacial score (nSPS) is 18.1. The molecule has 2 atom stereocenters. The molecule has 6 heteroatoms.